The number of hydrogen-bond donors (Lipinski definition) is 1. The predicted molar refractivity (Wildman–Crippen MR) is 77.3 cm³/mol. The summed E-state index contributed by atoms with van der Waals surface area (Å²) in [5, 5.41) is 1.15. The van der Waals surface area contributed by atoms with Crippen LogP contribution in [0, 0.1) is 0 Å². The average molecular weight is 278 g/mol. The number of furan rings is 1. The average Bonchev–Trinajstić information content (AvgIpc) is 2.79. The van der Waals surface area contributed by atoms with Crippen molar-refractivity contribution in [2.24, 2.45) is 5.73 Å². The van der Waals surface area contributed by atoms with Crippen LogP contribution in [0.15, 0.2) is 28.7 Å². The Labute approximate surface area is 115 Å². The molecule has 1 fully saturated rings. The molecule has 0 saturated carbocycles. The van der Waals surface area contributed by atoms with E-state index in [9.17, 15) is 4.21 Å². The van der Waals surface area contributed by atoms with Crippen molar-refractivity contribution in [3.05, 3.63) is 35.6 Å². The topological polar surface area (TPSA) is 59.5 Å². The highest BCUT2D eigenvalue weighted by Gasteiger charge is 2.19. The van der Waals surface area contributed by atoms with E-state index in [2.05, 4.69) is 11.0 Å². The Morgan fingerprint density at radius 2 is 2.00 bits per heavy atom. The summed E-state index contributed by atoms with van der Waals surface area (Å²) < 4.78 is 17.2. The molecule has 0 spiro atoms. The maximum Gasteiger partial charge on any atom is 0.134 e. The molecule has 102 valence electrons. The van der Waals surface area contributed by atoms with Gasteiger partial charge in [0, 0.05) is 52.9 Å². The smallest absolute Gasteiger partial charge is 0.134 e. The zero-order valence-electron chi connectivity index (χ0n) is 10.8. The van der Waals surface area contributed by atoms with Crippen LogP contribution in [-0.2, 0) is 23.9 Å². The van der Waals surface area contributed by atoms with Crippen LogP contribution < -0.4 is 5.73 Å². The predicted octanol–water partition coefficient (Wildman–Crippen LogP) is 1.46. The number of hydrogen-bond acceptors (Lipinski definition) is 4. The highest BCUT2D eigenvalue weighted by Crippen LogP contribution is 2.27. The molecule has 0 bridgehead atoms. The summed E-state index contributed by atoms with van der Waals surface area (Å²) in [6.45, 7) is 3.02. The minimum absolute atomic E-state index is 0.420. The number of benzene rings is 1. The Balaban J connectivity index is 1.89. The molecule has 0 unspecified atom stereocenters. The third-order valence-corrected chi connectivity index (χ3v) is 4.90. The number of fused-ring (bicyclic) bond motifs is 1. The second-order valence-electron chi connectivity index (χ2n) is 4.83. The van der Waals surface area contributed by atoms with Gasteiger partial charge in [0.2, 0.25) is 0 Å². The number of nitrogens with zero attached hydrogens (tertiary/aromatic N) is 1. The van der Waals surface area contributed by atoms with Gasteiger partial charge in [0.25, 0.3) is 0 Å². The summed E-state index contributed by atoms with van der Waals surface area (Å²) in [5.74, 6) is 2.41. The molecule has 1 aliphatic heterocycles. The zero-order chi connectivity index (χ0) is 13.2. The molecule has 1 aromatic heterocycles. The molecule has 3 rings (SSSR count). The molecule has 1 aliphatic rings. The van der Waals surface area contributed by atoms with Gasteiger partial charge in [-0.25, -0.2) is 0 Å². The van der Waals surface area contributed by atoms with Gasteiger partial charge in [-0.3, -0.25) is 9.11 Å². The van der Waals surface area contributed by atoms with E-state index in [-0.39, 0.29) is 0 Å². The molecule has 1 aromatic carbocycles. The van der Waals surface area contributed by atoms with E-state index in [4.69, 9.17) is 10.2 Å². The third-order valence-electron chi connectivity index (χ3n) is 3.62. The zero-order valence-corrected chi connectivity index (χ0v) is 11.6. The molecule has 2 heterocycles. The van der Waals surface area contributed by atoms with E-state index in [1.807, 2.05) is 18.2 Å². The van der Waals surface area contributed by atoms with E-state index < -0.39 is 10.8 Å². The summed E-state index contributed by atoms with van der Waals surface area (Å²) >= 11 is 0. The van der Waals surface area contributed by atoms with E-state index in [0.717, 1.165) is 47.9 Å². The van der Waals surface area contributed by atoms with Crippen molar-refractivity contribution in [2.75, 3.05) is 24.6 Å². The molecule has 5 heteroatoms. The normalized spacial score (nSPS) is 18.2. The Kier molecular flexibility index (Phi) is 3.68. The quantitative estimate of drug-likeness (QED) is 0.923. The minimum atomic E-state index is -0.633. The maximum absolute atomic E-state index is 11.4. The van der Waals surface area contributed by atoms with E-state index in [0.29, 0.717) is 6.54 Å². The lowest BCUT2D eigenvalue weighted by Gasteiger charge is -2.26. The van der Waals surface area contributed by atoms with Crippen LogP contribution in [0.25, 0.3) is 11.0 Å². The van der Waals surface area contributed by atoms with E-state index in [1.54, 1.807) is 0 Å². The number of para-hydroxylation sites is 1. The molecule has 19 heavy (non-hydrogen) atoms. The van der Waals surface area contributed by atoms with Crippen molar-refractivity contribution in [1.29, 1.82) is 0 Å². The first-order valence-corrected chi connectivity index (χ1v) is 8.03. The van der Waals surface area contributed by atoms with E-state index in [1.165, 1.54) is 5.56 Å². The Morgan fingerprint density at radius 3 is 2.74 bits per heavy atom. The van der Waals surface area contributed by atoms with Gasteiger partial charge in [-0.2, -0.15) is 0 Å². The van der Waals surface area contributed by atoms with Gasteiger partial charge in [-0.1, -0.05) is 18.2 Å². The second kappa shape index (κ2) is 5.45. The van der Waals surface area contributed by atoms with Gasteiger partial charge in [-0.15, -0.1) is 0 Å². The first kappa shape index (κ1) is 12.8. The van der Waals surface area contributed by atoms with Crippen LogP contribution in [0.3, 0.4) is 0 Å². The van der Waals surface area contributed by atoms with Crippen LogP contribution in [0.1, 0.15) is 11.3 Å². The Bertz CT molecular complexity index is 599. The molecule has 2 aromatic rings. The Hall–Kier alpha value is -1.17. The minimum Gasteiger partial charge on any atom is -0.459 e. The van der Waals surface area contributed by atoms with Crippen molar-refractivity contribution in [2.45, 2.75) is 13.1 Å². The van der Waals surface area contributed by atoms with Crippen molar-refractivity contribution < 1.29 is 8.63 Å². The molecule has 0 aliphatic carbocycles. The van der Waals surface area contributed by atoms with Crippen LogP contribution in [-0.4, -0.2) is 33.7 Å². The van der Waals surface area contributed by atoms with Crippen molar-refractivity contribution in [3.8, 4) is 0 Å². The summed E-state index contributed by atoms with van der Waals surface area (Å²) in [7, 11) is -0.633. The van der Waals surface area contributed by atoms with E-state index >= 15 is 0 Å². The molecule has 2 N–H and O–H groups in total. The fourth-order valence-corrected chi connectivity index (χ4v) is 3.67. The highest BCUT2D eigenvalue weighted by molar-refractivity contribution is 7.85. The van der Waals surface area contributed by atoms with Crippen LogP contribution in [0.5, 0.6) is 0 Å². The van der Waals surface area contributed by atoms with Gasteiger partial charge in [0.15, 0.2) is 0 Å². The lowest BCUT2D eigenvalue weighted by molar-refractivity contribution is 0.289. The monoisotopic (exact) mass is 278 g/mol. The SMILES string of the molecule is NCc1oc2ccccc2c1CN1CCS(=O)CC1. The lowest BCUT2D eigenvalue weighted by atomic mass is 10.1. The first-order valence-electron chi connectivity index (χ1n) is 6.54. The summed E-state index contributed by atoms with van der Waals surface area (Å²) in [4.78, 5) is 2.33. The van der Waals surface area contributed by atoms with Crippen LogP contribution >= 0.6 is 0 Å². The van der Waals surface area contributed by atoms with Gasteiger partial charge in [0.05, 0.1) is 6.54 Å². The second-order valence-corrected chi connectivity index (χ2v) is 6.52. The highest BCUT2D eigenvalue weighted by atomic mass is 32.2. The Morgan fingerprint density at radius 1 is 1.26 bits per heavy atom. The molecule has 0 amide bonds. The third kappa shape index (κ3) is 2.59. The van der Waals surface area contributed by atoms with Gasteiger partial charge in [0.1, 0.15) is 11.3 Å². The molecule has 0 atom stereocenters. The van der Waals surface area contributed by atoms with Crippen molar-refractivity contribution in [1.82, 2.24) is 4.90 Å². The fourth-order valence-electron chi connectivity index (χ4n) is 2.55. The van der Waals surface area contributed by atoms with Crippen LogP contribution in [0.2, 0.25) is 0 Å². The summed E-state index contributed by atoms with van der Waals surface area (Å²) in [6.07, 6.45) is 0. The van der Waals surface area contributed by atoms with Gasteiger partial charge >= 0.3 is 0 Å². The van der Waals surface area contributed by atoms with Crippen molar-refractivity contribution >= 4 is 21.8 Å². The number of rotatable bonds is 3. The summed E-state index contributed by atoms with van der Waals surface area (Å²) in [6, 6.07) is 8.05. The van der Waals surface area contributed by atoms with Crippen LogP contribution in [0.4, 0.5) is 0 Å². The molecule has 0 radical (unpaired) electrons. The fraction of sp³-hybridized carbons (Fsp3) is 0.429. The van der Waals surface area contributed by atoms with Gasteiger partial charge in [-0.05, 0) is 6.07 Å². The molecule has 1 saturated heterocycles. The van der Waals surface area contributed by atoms with Gasteiger partial charge < -0.3 is 10.2 Å². The molecular formula is C14H18N2O2S. The lowest BCUT2D eigenvalue weighted by Crippen LogP contribution is -2.37. The largest absolute Gasteiger partial charge is 0.459 e. The maximum atomic E-state index is 11.4. The first-order chi connectivity index (χ1) is 9.28. The molecule has 4 nitrogen and oxygen atoms in total. The molecular weight excluding hydrogens is 260 g/mol. The summed E-state index contributed by atoms with van der Waals surface area (Å²) in [5.41, 5.74) is 7.87. The van der Waals surface area contributed by atoms with Crippen molar-refractivity contribution in [3.63, 3.8) is 0 Å². The number of nitrogens with two attached hydrogens (primary N) is 1. The standard InChI is InChI=1S/C14H18N2O2S/c15-9-14-12(10-16-5-7-19(17)8-6-16)11-3-1-2-4-13(11)18-14/h1-4H,5-10,15H2.